The van der Waals surface area contributed by atoms with Crippen molar-refractivity contribution in [2.45, 2.75) is 44.3 Å². The lowest BCUT2D eigenvalue weighted by Crippen LogP contribution is -2.26. The van der Waals surface area contributed by atoms with Gasteiger partial charge in [0, 0.05) is 0 Å². The van der Waals surface area contributed by atoms with Crippen molar-refractivity contribution in [2.75, 3.05) is 0 Å². The highest BCUT2D eigenvalue weighted by molar-refractivity contribution is 5.13. The molecule has 0 spiro atoms. The van der Waals surface area contributed by atoms with Crippen LogP contribution < -0.4 is 0 Å². The van der Waals surface area contributed by atoms with Crippen LogP contribution in [0.25, 0.3) is 0 Å². The Hall–Kier alpha value is -0.820. The molecule has 1 heteroatoms. The highest BCUT2D eigenvalue weighted by atomic mass is 16.5. The van der Waals surface area contributed by atoms with Crippen molar-refractivity contribution in [2.24, 2.45) is 5.92 Å². The van der Waals surface area contributed by atoms with Gasteiger partial charge in [0.15, 0.2) is 0 Å². The number of benzene rings is 1. The van der Waals surface area contributed by atoms with Crippen molar-refractivity contribution in [1.82, 2.24) is 0 Å². The maximum atomic E-state index is 6.17. The average molecular weight is 202 g/mol. The molecule has 0 unspecified atom stereocenters. The summed E-state index contributed by atoms with van der Waals surface area (Å²) in [5.41, 5.74) is 1.57. The van der Waals surface area contributed by atoms with Crippen LogP contribution in [0.1, 0.15) is 37.7 Å². The summed E-state index contributed by atoms with van der Waals surface area (Å²) < 4.78 is 6.17. The first-order chi connectivity index (χ1) is 7.36. The number of rotatable bonds is 3. The Labute approximate surface area is 91.5 Å². The maximum absolute atomic E-state index is 6.17. The van der Waals surface area contributed by atoms with Gasteiger partial charge in [0.1, 0.15) is 0 Å². The van der Waals surface area contributed by atoms with E-state index in [0.29, 0.717) is 0 Å². The second-order valence-corrected chi connectivity index (χ2v) is 5.10. The minimum absolute atomic E-state index is 0.264. The maximum Gasteiger partial charge on any atom is 0.0724 e. The molecular formula is C14H18O. The molecule has 0 aliphatic heterocycles. The molecule has 2 bridgehead atoms. The van der Waals surface area contributed by atoms with E-state index < -0.39 is 0 Å². The zero-order valence-electron chi connectivity index (χ0n) is 9.11. The van der Waals surface area contributed by atoms with E-state index in [1.165, 1.54) is 37.7 Å². The van der Waals surface area contributed by atoms with Gasteiger partial charge in [0.2, 0.25) is 0 Å². The van der Waals surface area contributed by atoms with Gasteiger partial charge in [-0.15, -0.1) is 0 Å². The summed E-state index contributed by atoms with van der Waals surface area (Å²) in [5.74, 6) is 0.973. The van der Waals surface area contributed by atoms with Crippen molar-refractivity contribution in [3.8, 4) is 0 Å². The van der Waals surface area contributed by atoms with Crippen LogP contribution in [0.4, 0.5) is 0 Å². The highest BCUT2D eigenvalue weighted by Crippen LogP contribution is 2.50. The molecular weight excluding hydrogens is 184 g/mol. The lowest BCUT2D eigenvalue weighted by molar-refractivity contribution is -0.0484. The van der Waals surface area contributed by atoms with Crippen molar-refractivity contribution < 1.29 is 4.74 Å². The summed E-state index contributed by atoms with van der Waals surface area (Å²) in [6.07, 6.45) is 6.71. The van der Waals surface area contributed by atoms with Gasteiger partial charge in [-0.05, 0) is 43.6 Å². The molecule has 1 aromatic rings. The molecule has 2 saturated carbocycles. The van der Waals surface area contributed by atoms with E-state index in [-0.39, 0.29) is 5.60 Å². The molecule has 2 fully saturated rings. The molecule has 3 rings (SSSR count). The normalized spacial score (nSPS) is 33.5. The fraction of sp³-hybridized carbons (Fsp3) is 0.571. The molecule has 1 aromatic carbocycles. The van der Waals surface area contributed by atoms with Gasteiger partial charge < -0.3 is 4.74 Å². The van der Waals surface area contributed by atoms with E-state index in [2.05, 4.69) is 30.3 Å². The molecule has 0 N–H and O–H groups in total. The second kappa shape index (κ2) is 3.64. The molecule has 0 amide bonds. The van der Waals surface area contributed by atoms with Gasteiger partial charge in [-0.2, -0.15) is 0 Å². The van der Waals surface area contributed by atoms with E-state index in [4.69, 9.17) is 4.74 Å². The molecule has 0 saturated heterocycles. The minimum atomic E-state index is 0.264. The molecule has 0 aromatic heterocycles. The standard InChI is InChI=1S/C14H18O/c1-2-4-13(5-3-1)11-15-14-8-6-12(10-14)7-9-14/h1-5,12H,6-11H2. The molecule has 0 radical (unpaired) electrons. The van der Waals surface area contributed by atoms with Crippen LogP contribution in [0.2, 0.25) is 0 Å². The zero-order chi connectivity index (χ0) is 10.1. The number of hydrogen-bond donors (Lipinski definition) is 0. The Morgan fingerprint density at radius 1 is 1.13 bits per heavy atom. The van der Waals surface area contributed by atoms with Crippen LogP contribution in [0.15, 0.2) is 30.3 Å². The van der Waals surface area contributed by atoms with Crippen LogP contribution in [-0.4, -0.2) is 5.60 Å². The quantitative estimate of drug-likeness (QED) is 0.728. The summed E-state index contributed by atoms with van der Waals surface area (Å²) in [7, 11) is 0. The van der Waals surface area contributed by atoms with Crippen LogP contribution in [0.3, 0.4) is 0 Å². The summed E-state index contributed by atoms with van der Waals surface area (Å²) in [5, 5.41) is 0. The largest absolute Gasteiger partial charge is 0.370 e. The highest BCUT2D eigenvalue weighted by Gasteiger charge is 2.45. The summed E-state index contributed by atoms with van der Waals surface area (Å²) in [6.45, 7) is 0.799. The van der Waals surface area contributed by atoms with Crippen LogP contribution in [0, 0.1) is 5.92 Å². The number of fused-ring (bicyclic) bond motifs is 2. The second-order valence-electron chi connectivity index (χ2n) is 5.10. The van der Waals surface area contributed by atoms with Gasteiger partial charge in [0.25, 0.3) is 0 Å². The van der Waals surface area contributed by atoms with Gasteiger partial charge in [0.05, 0.1) is 12.2 Å². The van der Waals surface area contributed by atoms with Crippen molar-refractivity contribution >= 4 is 0 Å². The Balaban J connectivity index is 1.62. The monoisotopic (exact) mass is 202 g/mol. The molecule has 0 atom stereocenters. The van der Waals surface area contributed by atoms with Crippen molar-refractivity contribution in [3.05, 3.63) is 35.9 Å². The van der Waals surface area contributed by atoms with E-state index in [1.807, 2.05) is 0 Å². The Kier molecular flexibility index (Phi) is 2.28. The molecule has 1 nitrogen and oxygen atoms in total. The first-order valence-corrected chi connectivity index (χ1v) is 6.04. The molecule has 0 heterocycles. The Morgan fingerprint density at radius 2 is 1.87 bits per heavy atom. The number of hydrogen-bond acceptors (Lipinski definition) is 1. The fourth-order valence-corrected chi connectivity index (χ4v) is 3.15. The fourth-order valence-electron chi connectivity index (χ4n) is 3.15. The molecule has 15 heavy (non-hydrogen) atoms. The van der Waals surface area contributed by atoms with E-state index in [9.17, 15) is 0 Å². The van der Waals surface area contributed by atoms with Crippen LogP contribution in [0.5, 0.6) is 0 Å². The van der Waals surface area contributed by atoms with E-state index >= 15 is 0 Å². The summed E-state index contributed by atoms with van der Waals surface area (Å²) in [6, 6.07) is 10.5. The first kappa shape index (κ1) is 9.41. The van der Waals surface area contributed by atoms with E-state index in [1.54, 1.807) is 0 Å². The first-order valence-electron chi connectivity index (χ1n) is 6.04. The van der Waals surface area contributed by atoms with Gasteiger partial charge >= 0.3 is 0 Å². The van der Waals surface area contributed by atoms with Gasteiger partial charge in [-0.25, -0.2) is 0 Å². The zero-order valence-corrected chi connectivity index (χ0v) is 9.11. The predicted octanol–water partition coefficient (Wildman–Crippen LogP) is 3.54. The smallest absolute Gasteiger partial charge is 0.0724 e. The molecule has 80 valence electrons. The molecule has 2 aliphatic carbocycles. The predicted molar refractivity (Wildman–Crippen MR) is 60.5 cm³/mol. The Morgan fingerprint density at radius 3 is 2.47 bits per heavy atom. The topological polar surface area (TPSA) is 9.23 Å². The third kappa shape index (κ3) is 1.81. The summed E-state index contributed by atoms with van der Waals surface area (Å²) >= 11 is 0. The third-order valence-corrected chi connectivity index (χ3v) is 4.06. The number of ether oxygens (including phenoxy) is 1. The Bertz CT molecular complexity index is 322. The van der Waals surface area contributed by atoms with Crippen LogP contribution >= 0.6 is 0 Å². The summed E-state index contributed by atoms with van der Waals surface area (Å²) in [4.78, 5) is 0. The van der Waals surface area contributed by atoms with Gasteiger partial charge in [-0.1, -0.05) is 30.3 Å². The third-order valence-electron chi connectivity index (χ3n) is 4.06. The average Bonchev–Trinajstić information content (AvgIpc) is 2.89. The van der Waals surface area contributed by atoms with Crippen LogP contribution in [-0.2, 0) is 11.3 Å². The van der Waals surface area contributed by atoms with Crippen molar-refractivity contribution in [1.29, 1.82) is 0 Å². The van der Waals surface area contributed by atoms with E-state index in [0.717, 1.165) is 12.5 Å². The minimum Gasteiger partial charge on any atom is -0.370 e. The SMILES string of the molecule is c1ccc(COC23CCC(CC2)C3)cc1. The van der Waals surface area contributed by atoms with Gasteiger partial charge in [-0.3, -0.25) is 0 Å². The van der Waals surface area contributed by atoms with Crippen molar-refractivity contribution in [3.63, 3.8) is 0 Å². The lowest BCUT2D eigenvalue weighted by Gasteiger charge is -2.27. The molecule has 2 aliphatic rings. The lowest BCUT2D eigenvalue weighted by atomic mass is 9.97.